The Morgan fingerprint density at radius 2 is 1.57 bits per heavy atom. The Bertz CT molecular complexity index is 2680. The van der Waals surface area contributed by atoms with Crippen molar-refractivity contribution in [3.05, 3.63) is 117 Å². The minimum Gasteiger partial charge on any atom is -0.491 e. The first kappa shape index (κ1) is 53.6. The lowest BCUT2D eigenvalue weighted by molar-refractivity contribution is -0.119. The van der Waals surface area contributed by atoms with Crippen LogP contribution in [0.4, 0.5) is 11.4 Å². The molecule has 2 aliphatic rings. The molecular formula is C54H70ClN9O5S. The molecule has 8 rings (SSSR count). The number of thiophene rings is 1. The van der Waals surface area contributed by atoms with E-state index in [2.05, 4.69) is 104 Å². The fraction of sp³-hybridized carbons (Fsp3) is 0.444. The van der Waals surface area contributed by atoms with Gasteiger partial charge in [0.25, 0.3) is 0 Å². The second-order valence-corrected chi connectivity index (χ2v) is 18.4. The average Bonchev–Trinajstić information content (AvgIpc) is 3.98. The van der Waals surface area contributed by atoms with Crippen LogP contribution >= 0.6 is 22.9 Å². The number of fused-ring (bicyclic) bond motifs is 4. The smallest absolute Gasteiger partial charge is 0.216 e. The molecule has 1 amide bonds. The maximum absolute atomic E-state index is 10.8. The van der Waals surface area contributed by atoms with Gasteiger partial charge in [-0.05, 0) is 127 Å². The van der Waals surface area contributed by atoms with E-state index in [4.69, 9.17) is 35.5 Å². The van der Waals surface area contributed by atoms with Crippen molar-refractivity contribution in [1.29, 1.82) is 0 Å². The number of ether oxygens (including phenoxy) is 4. The summed E-state index contributed by atoms with van der Waals surface area (Å²) < 4.78 is 26.6. The number of aryl methyl sites for hydroxylation is 3. The number of anilines is 2. The highest BCUT2D eigenvalue weighted by Crippen LogP contribution is 2.36. The molecule has 1 saturated heterocycles. The minimum absolute atomic E-state index is 0.0558. The second kappa shape index (κ2) is 27.6. The van der Waals surface area contributed by atoms with Gasteiger partial charge in [0.15, 0.2) is 5.82 Å². The van der Waals surface area contributed by atoms with Crippen molar-refractivity contribution >= 4 is 56.8 Å². The molecule has 0 radical (unpaired) electrons. The third kappa shape index (κ3) is 14.9. The molecule has 0 atom stereocenters. The Morgan fingerprint density at radius 1 is 0.886 bits per heavy atom. The molecule has 6 aromatic rings. The average molecular weight is 993 g/mol. The highest BCUT2D eigenvalue weighted by Gasteiger charge is 2.26. The van der Waals surface area contributed by atoms with Crippen LogP contribution in [0.3, 0.4) is 0 Å². The Balaban J connectivity index is 0.000000267. The van der Waals surface area contributed by atoms with Crippen molar-refractivity contribution in [1.82, 2.24) is 29.5 Å². The Kier molecular flexibility index (Phi) is 21.1. The number of nitrogens with zero attached hydrogens (tertiary/aromatic N) is 6. The normalized spacial score (nSPS) is 13.3. The zero-order chi connectivity index (χ0) is 49.8. The van der Waals surface area contributed by atoms with Gasteiger partial charge in [-0.15, -0.1) is 21.5 Å². The van der Waals surface area contributed by atoms with Crippen molar-refractivity contribution in [3.63, 3.8) is 0 Å². The monoisotopic (exact) mass is 991 g/mol. The van der Waals surface area contributed by atoms with Crippen molar-refractivity contribution < 1.29 is 23.7 Å². The number of likely N-dealkylation sites (tertiary alicyclic amines) is 1. The number of halogens is 1. The van der Waals surface area contributed by atoms with Crippen molar-refractivity contribution in [2.75, 3.05) is 90.1 Å². The molecule has 0 saturated carbocycles. The molecule has 70 heavy (non-hydrogen) atoms. The Labute approximate surface area is 423 Å². The quantitative estimate of drug-likeness (QED) is 0.0531. The SMILES string of the molecule is CC.CCn1c(C#CCNc2ccc(OCCOCCOCCOCCNC(C)=O)cc2)cc2c(NC3CCN(C)CC3)cccc21.Cc1sc2c(c1C)C(c1ccc(Cl)cc1)=NCc1nnc(C)n1-2. The number of hydrogen-bond donors (Lipinski definition) is 3. The topological polar surface area (TPSA) is 141 Å². The van der Waals surface area contributed by atoms with Crippen LogP contribution in [0, 0.1) is 32.6 Å². The lowest BCUT2D eigenvalue weighted by atomic mass is 10.00. The maximum Gasteiger partial charge on any atom is 0.216 e. The summed E-state index contributed by atoms with van der Waals surface area (Å²) in [6, 6.07) is 25.0. The van der Waals surface area contributed by atoms with Gasteiger partial charge in [-0.1, -0.05) is 49.6 Å². The van der Waals surface area contributed by atoms with E-state index in [0.717, 1.165) is 69.7 Å². The molecule has 3 aromatic carbocycles. The summed E-state index contributed by atoms with van der Waals surface area (Å²) in [5.41, 5.74) is 8.97. The molecule has 3 N–H and O–H groups in total. The van der Waals surface area contributed by atoms with E-state index in [9.17, 15) is 4.79 Å². The molecule has 0 unspecified atom stereocenters. The van der Waals surface area contributed by atoms with Crippen LogP contribution in [0.25, 0.3) is 15.9 Å². The molecule has 5 heterocycles. The number of carbonyl (C=O) groups is 1. The molecule has 3 aromatic heterocycles. The van der Waals surface area contributed by atoms with Gasteiger partial charge in [0, 0.05) is 63.8 Å². The lowest BCUT2D eigenvalue weighted by Crippen LogP contribution is -2.36. The molecule has 1 fully saturated rings. The van der Waals surface area contributed by atoms with Crippen molar-refractivity contribution in [3.8, 4) is 22.6 Å². The Morgan fingerprint density at radius 3 is 2.26 bits per heavy atom. The molecule has 14 nitrogen and oxygen atoms in total. The van der Waals surface area contributed by atoms with Crippen LogP contribution in [0.15, 0.2) is 77.8 Å². The first-order valence-corrected chi connectivity index (χ1v) is 25.6. The number of rotatable bonds is 19. The third-order valence-corrected chi connectivity index (χ3v) is 13.3. The van der Waals surface area contributed by atoms with Crippen molar-refractivity contribution in [2.24, 2.45) is 4.99 Å². The summed E-state index contributed by atoms with van der Waals surface area (Å²) in [6.45, 7) is 22.1. The third-order valence-electron chi connectivity index (χ3n) is 11.8. The lowest BCUT2D eigenvalue weighted by Gasteiger charge is -2.30. The molecule has 0 spiro atoms. The summed E-state index contributed by atoms with van der Waals surface area (Å²) >= 11 is 7.80. The number of benzene rings is 3. The predicted octanol–water partition coefficient (Wildman–Crippen LogP) is 9.48. The van der Waals surface area contributed by atoms with Crippen LogP contribution in [0.5, 0.6) is 5.75 Å². The molecule has 374 valence electrons. The van der Waals surface area contributed by atoms with Crippen LogP contribution in [0.2, 0.25) is 5.02 Å². The summed E-state index contributed by atoms with van der Waals surface area (Å²) in [7, 11) is 2.20. The molecular weight excluding hydrogens is 922 g/mol. The second-order valence-electron chi connectivity index (χ2n) is 16.7. The summed E-state index contributed by atoms with van der Waals surface area (Å²) in [5.74, 6) is 9.21. The highest BCUT2D eigenvalue weighted by molar-refractivity contribution is 7.15. The van der Waals surface area contributed by atoms with Gasteiger partial charge in [-0.3, -0.25) is 14.4 Å². The predicted molar refractivity (Wildman–Crippen MR) is 286 cm³/mol. The van der Waals surface area contributed by atoms with Crippen LogP contribution in [-0.2, 0) is 32.1 Å². The van der Waals surface area contributed by atoms with E-state index in [1.807, 2.05) is 69.3 Å². The van der Waals surface area contributed by atoms with Crippen LogP contribution in [0.1, 0.15) is 79.4 Å². The minimum atomic E-state index is -0.0558. The standard InChI is InChI=1S/C35H49N5O5.C17H15ClN4S.C2H6/c1-4-40-31(27-33-34(8-5-9-35(33)40)38-30-14-18-39(3)19-15-30)7-6-16-37-29-10-12-32(13-11-29)45-26-25-44-24-23-43-22-21-42-20-17-36-28(2)41;1-9-10(2)23-17-15(9)16(12-4-6-13(18)7-5-12)19-8-14-21-20-11(3)22(14)17;1-2/h5,8-13,27,30,37-38H,4,14-26H2,1-3H3,(H,36,41);4-7H,8H2,1-3H3;1-2H3. The first-order valence-electron chi connectivity index (χ1n) is 24.4. The first-order chi connectivity index (χ1) is 34.1. The zero-order valence-corrected chi connectivity index (χ0v) is 43.7. The Hall–Kier alpha value is -5.73. The van der Waals surface area contributed by atoms with Gasteiger partial charge in [-0.25, -0.2) is 0 Å². The van der Waals surface area contributed by atoms with E-state index < -0.39 is 0 Å². The van der Waals surface area contributed by atoms with Gasteiger partial charge in [0.2, 0.25) is 5.91 Å². The molecule has 2 aliphatic heterocycles. The van der Waals surface area contributed by atoms with E-state index in [-0.39, 0.29) is 5.91 Å². The van der Waals surface area contributed by atoms with E-state index in [1.165, 1.54) is 52.4 Å². The van der Waals surface area contributed by atoms with Gasteiger partial charge in [0.1, 0.15) is 29.7 Å². The number of aromatic nitrogens is 4. The van der Waals surface area contributed by atoms with Gasteiger partial charge in [0.05, 0.1) is 63.1 Å². The molecule has 0 aliphatic carbocycles. The number of aliphatic imine (C=N–C) groups is 1. The number of piperidine rings is 1. The zero-order valence-electron chi connectivity index (χ0n) is 42.1. The van der Waals surface area contributed by atoms with Gasteiger partial charge >= 0.3 is 0 Å². The summed E-state index contributed by atoms with van der Waals surface area (Å²) in [5, 5.41) is 21.5. The van der Waals surface area contributed by atoms with Crippen LogP contribution < -0.4 is 20.7 Å². The van der Waals surface area contributed by atoms with Gasteiger partial charge < -0.3 is 44.4 Å². The highest BCUT2D eigenvalue weighted by atomic mass is 35.5. The van der Waals surface area contributed by atoms with E-state index in [1.54, 1.807) is 11.3 Å². The number of amides is 1. The van der Waals surface area contributed by atoms with E-state index in [0.29, 0.717) is 71.9 Å². The van der Waals surface area contributed by atoms with Crippen molar-refractivity contribution in [2.45, 2.75) is 80.4 Å². The number of nitrogens with one attached hydrogen (secondary N) is 3. The van der Waals surface area contributed by atoms with Gasteiger partial charge in [-0.2, -0.15) is 0 Å². The number of carbonyl (C=O) groups excluding carboxylic acids is 1. The van der Waals surface area contributed by atoms with E-state index >= 15 is 0 Å². The maximum atomic E-state index is 10.8. The largest absolute Gasteiger partial charge is 0.491 e. The molecule has 16 heteroatoms. The summed E-state index contributed by atoms with van der Waals surface area (Å²) in [4.78, 5) is 19.3. The fourth-order valence-electron chi connectivity index (χ4n) is 8.13. The fourth-order valence-corrected chi connectivity index (χ4v) is 9.48. The summed E-state index contributed by atoms with van der Waals surface area (Å²) in [6.07, 6.45) is 2.33. The van der Waals surface area contributed by atoms with Crippen LogP contribution in [-0.4, -0.2) is 121 Å². The number of hydrogen-bond acceptors (Lipinski definition) is 12. The molecule has 0 bridgehead atoms.